The van der Waals surface area contributed by atoms with Crippen LogP contribution >= 0.6 is 51.4 Å². The number of aryl methyl sites for hydroxylation is 1. The van der Waals surface area contributed by atoms with E-state index in [1.54, 1.807) is 35.2 Å². The molecule has 0 aliphatic carbocycles. The van der Waals surface area contributed by atoms with E-state index in [1.165, 1.54) is 36.2 Å². The molecular weight excluding hydrogens is 1200 g/mol. The number of hydrogen-bond donors (Lipinski definition) is 2. The van der Waals surface area contributed by atoms with E-state index in [-0.39, 0.29) is 49.7 Å². The van der Waals surface area contributed by atoms with Gasteiger partial charge in [-0.1, -0.05) is 116 Å². The molecule has 18 nitrogen and oxygen atoms in total. The minimum Gasteiger partial charge on any atom is -0.489 e. The van der Waals surface area contributed by atoms with Gasteiger partial charge in [0.15, 0.2) is 11.0 Å². The Balaban J connectivity index is 0.000000212. The normalized spacial score (nSPS) is 13.9. The van der Waals surface area contributed by atoms with Gasteiger partial charge in [0.2, 0.25) is 11.5 Å². The molecule has 0 spiro atoms. The standard InChI is InChI=1S/C20H26BrN5O4.C20H27P.C14H20ClN3O4.C5H5BrN2/c1-12(2)29-20(27)26-9-7-14(8-10-26)30-19-17(28-4)18(22-11-23-19)25-15-5-6-16(21)24-13(15)3;1-19(2,3)21(20(4,5)6)18-15-11-10-14-17(18)16-12-8-7-9-13-16;1-9(2)21-14(19)18-6-4-10(5-7-18)22-13-11(20-3)12(15)16-8-17-13;6-5-2-1-4(7)3-8-5/h5-6,11-12,14H,7-10H2,1-4H3,(H,22,23,25);7-15H,1-6H3;8-10H,4-7H2,1-3H3;1-3H,7H2. The zero-order valence-corrected chi connectivity index (χ0v) is 53.5. The monoisotopic (exact) mass is 1280 g/mol. The molecule has 2 aromatic carbocycles. The Labute approximate surface area is 501 Å². The number of ether oxygens (including phenoxy) is 6. The van der Waals surface area contributed by atoms with Crippen LogP contribution in [0.15, 0.2) is 107 Å². The van der Waals surface area contributed by atoms with Crippen molar-refractivity contribution in [3.63, 3.8) is 0 Å². The maximum atomic E-state index is 12.0. The number of nitrogens with two attached hydrogens (primary N) is 1. The van der Waals surface area contributed by atoms with Crippen molar-refractivity contribution in [2.24, 2.45) is 0 Å². The first kappa shape index (κ1) is 65.7. The van der Waals surface area contributed by atoms with Gasteiger partial charge in [0.1, 0.15) is 34.1 Å². The molecule has 6 aromatic rings. The van der Waals surface area contributed by atoms with Gasteiger partial charge in [-0.25, -0.2) is 29.5 Å². The number of benzene rings is 2. The van der Waals surface area contributed by atoms with E-state index >= 15 is 0 Å². The van der Waals surface area contributed by atoms with Gasteiger partial charge in [-0.05, 0) is 117 Å². The second kappa shape index (κ2) is 31.4. The maximum absolute atomic E-state index is 12.0. The molecule has 2 fully saturated rings. The minimum atomic E-state index is -0.284. The van der Waals surface area contributed by atoms with Crippen LogP contribution in [0.25, 0.3) is 11.1 Å². The fraction of sp³-hybridized carbons (Fsp3) is 0.458. The second-order valence-electron chi connectivity index (χ2n) is 21.4. The number of likely N-dealkylation sites (tertiary alicyclic amines) is 2. The van der Waals surface area contributed by atoms with Crippen molar-refractivity contribution in [2.75, 3.05) is 51.4 Å². The number of halogens is 3. The summed E-state index contributed by atoms with van der Waals surface area (Å²) in [6, 6.07) is 27.1. The van der Waals surface area contributed by atoms with E-state index < -0.39 is 0 Å². The van der Waals surface area contributed by atoms with E-state index in [1.807, 2.05) is 46.8 Å². The highest BCUT2D eigenvalue weighted by molar-refractivity contribution is 9.10. The van der Waals surface area contributed by atoms with Crippen molar-refractivity contribution in [3.8, 4) is 34.4 Å². The lowest BCUT2D eigenvalue weighted by Crippen LogP contribution is -2.42. The molecule has 22 heteroatoms. The topological polar surface area (TPSA) is 211 Å². The number of amides is 2. The molecule has 6 heterocycles. The predicted octanol–water partition coefficient (Wildman–Crippen LogP) is 14.1. The lowest BCUT2D eigenvalue weighted by atomic mass is 10.1. The number of piperidine rings is 2. The third-order valence-electron chi connectivity index (χ3n) is 12.2. The molecule has 4 aromatic heterocycles. The summed E-state index contributed by atoms with van der Waals surface area (Å²) in [5, 5.41) is 5.55. The first-order chi connectivity index (χ1) is 38.4. The molecule has 81 heavy (non-hydrogen) atoms. The van der Waals surface area contributed by atoms with E-state index in [4.69, 9.17) is 45.8 Å². The molecule has 0 atom stereocenters. The van der Waals surface area contributed by atoms with Crippen LogP contribution in [0.3, 0.4) is 0 Å². The van der Waals surface area contributed by atoms with Gasteiger partial charge in [0.25, 0.3) is 11.8 Å². The van der Waals surface area contributed by atoms with Crippen molar-refractivity contribution in [3.05, 3.63) is 118 Å². The molecule has 0 radical (unpaired) electrons. The van der Waals surface area contributed by atoms with Gasteiger partial charge in [-0.15, -0.1) is 0 Å². The van der Waals surface area contributed by atoms with Crippen molar-refractivity contribution in [1.82, 2.24) is 39.7 Å². The predicted molar refractivity (Wildman–Crippen MR) is 330 cm³/mol. The smallest absolute Gasteiger partial charge is 0.410 e. The van der Waals surface area contributed by atoms with Crippen LogP contribution in [0.5, 0.6) is 23.3 Å². The molecule has 438 valence electrons. The average Bonchev–Trinajstić information content (AvgIpc) is 3.53. The number of hydrogen-bond acceptors (Lipinski definition) is 16. The molecule has 2 saturated heterocycles. The highest BCUT2D eigenvalue weighted by Crippen LogP contribution is 2.59. The Bertz CT molecular complexity index is 2890. The fourth-order valence-corrected chi connectivity index (χ4v) is 13.9. The summed E-state index contributed by atoms with van der Waals surface area (Å²) < 4.78 is 34.6. The van der Waals surface area contributed by atoms with Crippen LogP contribution in [0.1, 0.15) is 101 Å². The van der Waals surface area contributed by atoms with Crippen LogP contribution in [0, 0.1) is 6.92 Å². The first-order valence-corrected chi connectivity index (χ1v) is 30.1. The number of methoxy groups -OCH3 is 2. The van der Waals surface area contributed by atoms with E-state index in [0.717, 1.165) is 20.6 Å². The Morgan fingerprint density at radius 2 is 1.16 bits per heavy atom. The van der Waals surface area contributed by atoms with Crippen LogP contribution in [0.2, 0.25) is 5.15 Å². The third-order valence-corrected chi connectivity index (χ3v) is 16.9. The lowest BCUT2D eigenvalue weighted by molar-refractivity contribution is 0.0491. The summed E-state index contributed by atoms with van der Waals surface area (Å²) in [6.45, 7) is 25.8. The average molecular weight is 1280 g/mol. The zero-order chi connectivity index (χ0) is 59.4. The number of nitrogens with one attached hydrogen (secondary N) is 1. The Kier molecular flexibility index (Phi) is 25.5. The summed E-state index contributed by atoms with van der Waals surface area (Å²) in [5.74, 6) is 1.92. The number of pyridine rings is 2. The fourth-order valence-electron chi connectivity index (χ4n) is 8.92. The van der Waals surface area contributed by atoms with Gasteiger partial charge in [0, 0.05) is 51.9 Å². The van der Waals surface area contributed by atoms with Gasteiger partial charge in [0.05, 0.1) is 49.7 Å². The molecule has 0 saturated carbocycles. The first-order valence-electron chi connectivity index (χ1n) is 26.8. The molecule has 2 amide bonds. The number of nitrogen functional groups attached to an aromatic ring is 1. The van der Waals surface area contributed by atoms with E-state index in [0.29, 0.717) is 96.9 Å². The quantitative estimate of drug-likeness (QED) is 0.0663. The number of anilines is 3. The highest BCUT2D eigenvalue weighted by atomic mass is 79.9. The summed E-state index contributed by atoms with van der Waals surface area (Å²) in [7, 11) is 2.76. The van der Waals surface area contributed by atoms with Crippen molar-refractivity contribution < 1.29 is 38.0 Å². The summed E-state index contributed by atoms with van der Waals surface area (Å²) in [6.07, 6.45) is 6.15. The number of nitrogens with zero attached hydrogens (tertiary/aromatic N) is 8. The van der Waals surface area contributed by atoms with Crippen molar-refractivity contribution >= 4 is 86.1 Å². The highest BCUT2D eigenvalue weighted by Gasteiger charge is 2.37. The van der Waals surface area contributed by atoms with Gasteiger partial charge >= 0.3 is 12.2 Å². The number of carbonyl (C=O) groups excluding carboxylic acids is 2. The number of aromatic nitrogens is 6. The molecule has 2 aliphatic heterocycles. The minimum absolute atomic E-state index is 0.0528. The molecule has 2 aliphatic rings. The lowest BCUT2D eigenvalue weighted by Gasteiger charge is -2.42. The van der Waals surface area contributed by atoms with Gasteiger partial charge < -0.3 is 49.3 Å². The SMILES string of the molecule is CC(C)(C)P(c1ccccc1-c1ccccc1)C(C)(C)C.COc1c(Cl)ncnc1OC1CCN(C(=O)OC(C)C)CC1.COc1c(Nc2ccc(Br)nc2C)ncnc1OC1CCN(C(=O)OC(C)C)CC1.Nc1ccc(Br)nc1. The maximum Gasteiger partial charge on any atom is 0.410 e. The zero-order valence-electron chi connectivity index (χ0n) is 48.7. The molecular formula is C59H78Br2ClN10O8P. The summed E-state index contributed by atoms with van der Waals surface area (Å²) in [4.78, 5) is 51.9. The summed E-state index contributed by atoms with van der Waals surface area (Å²) >= 11 is 12.5. The van der Waals surface area contributed by atoms with Crippen molar-refractivity contribution in [1.29, 1.82) is 0 Å². The Hall–Kier alpha value is -6.08. The van der Waals surface area contributed by atoms with Crippen LogP contribution in [0.4, 0.5) is 26.8 Å². The van der Waals surface area contributed by atoms with E-state index in [9.17, 15) is 9.59 Å². The summed E-state index contributed by atoms with van der Waals surface area (Å²) in [5.41, 5.74) is 10.4. The van der Waals surface area contributed by atoms with Gasteiger partial charge in [-0.3, -0.25) is 0 Å². The van der Waals surface area contributed by atoms with Crippen LogP contribution in [-0.2, 0) is 9.47 Å². The molecule has 0 unspecified atom stereocenters. The Morgan fingerprint density at radius 1 is 0.667 bits per heavy atom. The van der Waals surface area contributed by atoms with E-state index in [2.05, 4.69) is 163 Å². The van der Waals surface area contributed by atoms with Crippen LogP contribution in [-0.4, -0.2) is 127 Å². The van der Waals surface area contributed by atoms with Crippen LogP contribution < -0.4 is 35.3 Å². The number of carbonyl (C=O) groups is 2. The molecule has 8 rings (SSSR count). The second-order valence-corrected chi connectivity index (χ2v) is 27.2. The largest absolute Gasteiger partial charge is 0.489 e. The number of rotatable bonds is 12. The van der Waals surface area contributed by atoms with Crippen molar-refractivity contribution in [2.45, 2.75) is 137 Å². The van der Waals surface area contributed by atoms with Gasteiger partial charge in [-0.2, -0.15) is 9.97 Å². The molecule has 0 bridgehead atoms. The molecule has 3 N–H and O–H groups in total. The third kappa shape index (κ3) is 20.7. The Morgan fingerprint density at radius 3 is 1.63 bits per heavy atom.